The van der Waals surface area contributed by atoms with E-state index in [9.17, 15) is 0 Å². The molecular weight excluding hydrogens is 148 g/mol. The van der Waals surface area contributed by atoms with E-state index in [1.54, 1.807) is 0 Å². The average molecular weight is 164 g/mol. The normalized spacial score (nSPS) is 10.4. The van der Waals surface area contributed by atoms with E-state index in [1.807, 2.05) is 13.2 Å². The largest absolute Gasteiger partial charge is 0.373 e. The molecule has 1 heterocycles. The highest BCUT2D eigenvalue weighted by Gasteiger charge is 2.06. The van der Waals surface area contributed by atoms with Crippen LogP contribution in [0.15, 0.2) is 12.3 Å². The molecule has 2 nitrogen and oxygen atoms in total. The van der Waals surface area contributed by atoms with E-state index in [2.05, 4.69) is 37.1 Å². The van der Waals surface area contributed by atoms with Crippen molar-refractivity contribution in [1.29, 1.82) is 0 Å². The van der Waals surface area contributed by atoms with Gasteiger partial charge in [0.25, 0.3) is 0 Å². The Hall–Kier alpha value is -1.05. The molecule has 0 saturated heterocycles. The summed E-state index contributed by atoms with van der Waals surface area (Å²) in [5, 5.41) is 3.08. The maximum absolute atomic E-state index is 4.23. The number of pyridine rings is 1. The fraction of sp³-hybridized carbons (Fsp3) is 0.500. The molecule has 1 aromatic heterocycles. The van der Waals surface area contributed by atoms with Gasteiger partial charge in [-0.15, -0.1) is 0 Å². The molecule has 0 saturated carbocycles. The summed E-state index contributed by atoms with van der Waals surface area (Å²) in [4.78, 5) is 4.23. The molecule has 0 aliphatic heterocycles. The molecule has 0 amide bonds. The second kappa shape index (κ2) is 3.57. The summed E-state index contributed by atoms with van der Waals surface area (Å²) in [6.07, 6.45) is 1.86. The summed E-state index contributed by atoms with van der Waals surface area (Å²) in [6.45, 7) is 6.50. The first-order valence-corrected chi connectivity index (χ1v) is 4.30. The van der Waals surface area contributed by atoms with Crippen molar-refractivity contribution >= 4 is 5.82 Å². The van der Waals surface area contributed by atoms with E-state index in [-0.39, 0.29) is 0 Å². The fourth-order valence-electron chi connectivity index (χ4n) is 1.43. The molecule has 1 rings (SSSR count). The highest BCUT2D eigenvalue weighted by molar-refractivity contribution is 5.47. The third-order valence-electron chi connectivity index (χ3n) is 2.10. The van der Waals surface area contributed by atoms with Crippen molar-refractivity contribution in [2.45, 2.75) is 26.7 Å². The zero-order valence-corrected chi connectivity index (χ0v) is 8.18. The molecule has 0 unspecified atom stereocenters. The molecule has 0 atom stereocenters. The lowest BCUT2D eigenvalue weighted by molar-refractivity contribution is 0.852. The fourth-order valence-corrected chi connectivity index (χ4v) is 1.43. The average Bonchev–Trinajstić information content (AvgIpc) is 2.04. The van der Waals surface area contributed by atoms with Crippen LogP contribution in [-0.4, -0.2) is 12.0 Å². The highest BCUT2D eigenvalue weighted by Crippen LogP contribution is 2.22. The lowest BCUT2D eigenvalue weighted by atomic mass is 9.99. The predicted octanol–water partition coefficient (Wildman–Crippen LogP) is 2.56. The Labute approximate surface area is 74.0 Å². The van der Waals surface area contributed by atoms with Crippen LogP contribution >= 0.6 is 0 Å². The van der Waals surface area contributed by atoms with E-state index in [0.29, 0.717) is 5.92 Å². The zero-order valence-electron chi connectivity index (χ0n) is 8.18. The number of hydrogen-bond acceptors (Lipinski definition) is 2. The number of hydrogen-bond donors (Lipinski definition) is 1. The van der Waals surface area contributed by atoms with Gasteiger partial charge < -0.3 is 5.32 Å². The van der Waals surface area contributed by atoms with Crippen LogP contribution in [0.5, 0.6) is 0 Å². The van der Waals surface area contributed by atoms with Gasteiger partial charge in [-0.05, 0) is 30.0 Å². The predicted molar refractivity (Wildman–Crippen MR) is 52.6 cm³/mol. The maximum atomic E-state index is 4.23. The van der Waals surface area contributed by atoms with Crippen molar-refractivity contribution in [1.82, 2.24) is 4.98 Å². The number of anilines is 1. The monoisotopic (exact) mass is 164 g/mol. The Bertz CT molecular complexity index is 267. The molecule has 2 heteroatoms. The smallest absolute Gasteiger partial charge is 0.128 e. The number of aromatic nitrogens is 1. The second-order valence-electron chi connectivity index (χ2n) is 3.28. The molecule has 0 aromatic carbocycles. The summed E-state index contributed by atoms with van der Waals surface area (Å²) < 4.78 is 0. The summed E-state index contributed by atoms with van der Waals surface area (Å²) in [6, 6.07) is 2.08. The maximum Gasteiger partial charge on any atom is 0.128 e. The molecule has 0 aliphatic carbocycles. The van der Waals surface area contributed by atoms with Gasteiger partial charge in [0.1, 0.15) is 5.82 Å². The Balaban J connectivity index is 3.14. The quantitative estimate of drug-likeness (QED) is 0.726. The van der Waals surface area contributed by atoms with E-state index < -0.39 is 0 Å². The van der Waals surface area contributed by atoms with Crippen molar-refractivity contribution < 1.29 is 0 Å². The van der Waals surface area contributed by atoms with Crippen LogP contribution < -0.4 is 5.32 Å². The minimum Gasteiger partial charge on any atom is -0.373 e. The summed E-state index contributed by atoms with van der Waals surface area (Å²) >= 11 is 0. The van der Waals surface area contributed by atoms with Crippen LogP contribution in [0, 0.1) is 6.92 Å². The van der Waals surface area contributed by atoms with Gasteiger partial charge in [0, 0.05) is 13.2 Å². The van der Waals surface area contributed by atoms with Gasteiger partial charge in [0.05, 0.1) is 0 Å². The topological polar surface area (TPSA) is 24.9 Å². The van der Waals surface area contributed by atoms with Crippen LogP contribution in [0.25, 0.3) is 0 Å². The van der Waals surface area contributed by atoms with Crippen molar-refractivity contribution in [3.8, 4) is 0 Å². The van der Waals surface area contributed by atoms with Gasteiger partial charge in [-0.1, -0.05) is 13.8 Å². The first kappa shape index (κ1) is 9.04. The Morgan fingerprint density at radius 2 is 2.08 bits per heavy atom. The van der Waals surface area contributed by atoms with E-state index in [1.165, 1.54) is 11.1 Å². The standard InChI is InChI=1S/C10H16N2/c1-7(2)9-5-6-12-10(11-4)8(9)3/h5-7H,1-4H3,(H,11,12). The molecule has 0 radical (unpaired) electrons. The SMILES string of the molecule is CNc1nccc(C(C)C)c1C. The zero-order chi connectivity index (χ0) is 9.14. The van der Waals surface area contributed by atoms with Gasteiger partial charge in [-0.25, -0.2) is 4.98 Å². The molecule has 66 valence electrons. The van der Waals surface area contributed by atoms with Gasteiger partial charge >= 0.3 is 0 Å². The van der Waals surface area contributed by atoms with Crippen molar-refractivity contribution in [3.05, 3.63) is 23.4 Å². The second-order valence-corrected chi connectivity index (χ2v) is 3.28. The van der Waals surface area contributed by atoms with E-state index >= 15 is 0 Å². The molecule has 0 spiro atoms. The summed E-state index contributed by atoms with van der Waals surface area (Å²) in [5.41, 5.74) is 2.63. The van der Waals surface area contributed by atoms with Crippen LogP contribution in [0.1, 0.15) is 30.9 Å². The van der Waals surface area contributed by atoms with Gasteiger partial charge in [-0.3, -0.25) is 0 Å². The van der Waals surface area contributed by atoms with Crippen molar-refractivity contribution in [2.75, 3.05) is 12.4 Å². The summed E-state index contributed by atoms with van der Waals surface area (Å²) in [5.74, 6) is 1.56. The minimum absolute atomic E-state index is 0.570. The van der Waals surface area contributed by atoms with Crippen LogP contribution in [-0.2, 0) is 0 Å². The molecule has 1 N–H and O–H groups in total. The molecule has 1 aromatic rings. The number of nitrogens with zero attached hydrogens (tertiary/aromatic N) is 1. The molecule has 0 fully saturated rings. The van der Waals surface area contributed by atoms with Crippen LogP contribution in [0.4, 0.5) is 5.82 Å². The van der Waals surface area contributed by atoms with Crippen molar-refractivity contribution in [3.63, 3.8) is 0 Å². The number of nitrogens with one attached hydrogen (secondary N) is 1. The third-order valence-corrected chi connectivity index (χ3v) is 2.10. The Morgan fingerprint density at radius 3 is 2.58 bits per heavy atom. The van der Waals surface area contributed by atoms with Gasteiger partial charge in [-0.2, -0.15) is 0 Å². The molecule has 12 heavy (non-hydrogen) atoms. The van der Waals surface area contributed by atoms with Crippen molar-refractivity contribution in [2.24, 2.45) is 0 Å². The van der Waals surface area contributed by atoms with Gasteiger partial charge in [0.15, 0.2) is 0 Å². The lowest BCUT2D eigenvalue weighted by Crippen LogP contribution is -2.00. The highest BCUT2D eigenvalue weighted by atomic mass is 15.0. The summed E-state index contributed by atoms with van der Waals surface area (Å²) in [7, 11) is 1.90. The first-order chi connectivity index (χ1) is 5.66. The Morgan fingerprint density at radius 1 is 1.42 bits per heavy atom. The molecule has 0 aliphatic rings. The third kappa shape index (κ3) is 1.58. The van der Waals surface area contributed by atoms with Gasteiger partial charge in [0.2, 0.25) is 0 Å². The minimum atomic E-state index is 0.570. The first-order valence-electron chi connectivity index (χ1n) is 4.30. The van der Waals surface area contributed by atoms with E-state index in [0.717, 1.165) is 5.82 Å². The lowest BCUT2D eigenvalue weighted by Gasteiger charge is -2.12. The van der Waals surface area contributed by atoms with Crippen LogP contribution in [0.3, 0.4) is 0 Å². The molecule has 0 bridgehead atoms. The number of rotatable bonds is 2. The van der Waals surface area contributed by atoms with E-state index in [4.69, 9.17) is 0 Å². The van der Waals surface area contributed by atoms with Crippen LogP contribution in [0.2, 0.25) is 0 Å². The molecular formula is C10H16N2. The Kier molecular flexibility index (Phi) is 2.69.